The van der Waals surface area contributed by atoms with E-state index in [1.807, 2.05) is 0 Å². The lowest BCUT2D eigenvalue weighted by molar-refractivity contribution is 0.356. The predicted molar refractivity (Wildman–Crippen MR) is 112 cm³/mol. The van der Waals surface area contributed by atoms with Gasteiger partial charge in [-0.25, -0.2) is 23.3 Å². The maximum absolute atomic E-state index is 12.2. The Kier molecular flexibility index (Phi) is 5.56. The van der Waals surface area contributed by atoms with Crippen LogP contribution in [0.5, 0.6) is 5.75 Å². The van der Waals surface area contributed by atoms with Crippen LogP contribution in [0.1, 0.15) is 5.56 Å². The molecular weight excluding hydrogens is 394 g/mol. The van der Waals surface area contributed by atoms with Crippen LogP contribution < -0.4 is 9.64 Å². The normalized spacial score (nSPS) is 18.9. The van der Waals surface area contributed by atoms with E-state index in [1.165, 1.54) is 28.9 Å². The van der Waals surface area contributed by atoms with Gasteiger partial charge in [0.1, 0.15) is 5.75 Å². The molecule has 0 saturated carbocycles. The van der Waals surface area contributed by atoms with Gasteiger partial charge in [0, 0.05) is 49.9 Å². The second-order valence-electron chi connectivity index (χ2n) is 6.72. The number of rotatable bonds is 6. The number of hydrogen-bond donors (Lipinski definition) is 1. The van der Waals surface area contributed by atoms with Gasteiger partial charge in [0.05, 0.1) is 27.0 Å². The first-order valence-corrected chi connectivity index (χ1v) is 11.7. The molecule has 1 aromatic carbocycles. The molecule has 0 bridgehead atoms. The number of nitrogens with zero attached hydrogens (tertiary/aromatic N) is 4. The van der Waals surface area contributed by atoms with Crippen molar-refractivity contribution >= 4 is 27.6 Å². The fourth-order valence-electron chi connectivity index (χ4n) is 3.24. The minimum Gasteiger partial charge on any atom is -0.493 e. The lowest BCUT2D eigenvalue weighted by Gasteiger charge is -2.33. The van der Waals surface area contributed by atoms with Crippen LogP contribution in [0.15, 0.2) is 53.0 Å². The largest absolute Gasteiger partial charge is 0.493 e. The SMILES string of the molecule is C=CCS(=N)(=O)c1cnc(N2CCN(Sc3ccc4c(c3)OCC4)CC2)nc1. The number of fused-ring (bicyclic) bond motifs is 1. The van der Waals surface area contributed by atoms with E-state index in [0.717, 1.165) is 45.0 Å². The summed E-state index contributed by atoms with van der Waals surface area (Å²) in [5.41, 5.74) is 1.29. The fraction of sp³-hybridized carbons (Fsp3) is 0.368. The highest BCUT2D eigenvalue weighted by atomic mass is 32.2. The average Bonchev–Trinajstić information content (AvgIpc) is 3.17. The number of anilines is 1. The molecular formula is C19H23N5O2S2. The molecule has 2 aliphatic rings. The highest BCUT2D eigenvalue weighted by Crippen LogP contribution is 2.32. The summed E-state index contributed by atoms with van der Waals surface area (Å²) < 4.78 is 28.1. The Morgan fingerprint density at radius 1 is 1.25 bits per heavy atom. The summed E-state index contributed by atoms with van der Waals surface area (Å²) in [7, 11) is -2.89. The highest BCUT2D eigenvalue weighted by molar-refractivity contribution is 7.97. The molecule has 1 unspecified atom stereocenters. The Morgan fingerprint density at radius 3 is 2.71 bits per heavy atom. The van der Waals surface area contributed by atoms with Gasteiger partial charge in [-0.15, -0.1) is 6.58 Å². The number of hydrogen-bond acceptors (Lipinski definition) is 8. The summed E-state index contributed by atoms with van der Waals surface area (Å²) in [4.78, 5) is 12.3. The third-order valence-electron chi connectivity index (χ3n) is 4.77. The molecule has 4 rings (SSSR count). The molecule has 1 aromatic heterocycles. The Hall–Kier alpha value is -2.10. The molecule has 2 aromatic rings. The van der Waals surface area contributed by atoms with Gasteiger partial charge < -0.3 is 9.64 Å². The minimum atomic E-state index is -2.89. The summed E-state index contributed by atoms with van der Waals surface area (Å²) in [6.45, 7) is 7.74. The molecule has 148 valence electrons. The Bertz CT molecular complexity index is 955. The molecule has 28 heavy (non-hydrogen) atoms. The van der Waals surface area contributed by atoms with Crippen molar-refractivity contribution in [1.82, 2.24) is 14.3 Å². The van der Waals surface area contributed by atoms with E-state index in [-0.39, 0.29) is 5.75 Å². The zero-order chi connectivity index (χ0) is 19.6. The van der Waals surface area contributed by atoms with Crippen molar-refractivity contribution in [3.05, 3.63) is 48.8 Å². The Morgan fingerprint density at radius 2 is 2.00 bits per heavy atom. The quantitative estimate of drug-likeness (QED) is 0.572. The molecule has 0 amide bonds. The van der Waals surface area contributed by atoms with Crippen molar-refractivity contribution in [1.29, 1.82) is 4.78 Å². The summed E-state index contributed by atoms with van der Waals surface area (Å²) in [6.07, 6.45) is 5.51. The summed E-state index contributed by atoms with van der Waals surface area (Å²) in [5.74, 6) is 1.74. The van der Waals surface area contributed by atoms with Crippen LogP contribution in [0.3, 0.4) is 0 Å². The Balaban J connectivity index is 1.34. The van der Waals surface area contributed by atoms with Gasteiger partial charge in [-0.2, -0.15) is 0 Å². The van der Waals surface area contributed by atoms with Crippen LogP contribution in [0, 0.1) is 4.78 Å². The molecule has 0 aliphatic carbocycles. The summed E-state index contributed by atoms with van der Waals surface area (Å²) in [6, 6.07) is 6.45. The van der Waals surface area contributed by atoms with E-state index in [2.05, 4.69) is 44.0 Å². The van der Waals surface area contributed by atoms with Crippen molar-refractivity contribution in [2.24, 2.45) is 0 Å². The lowest BCUT2D eigenvalue weighted by atomic mass is 10.2. The number of aromatic nitrogens is 2. The first-order valence-electron chi connectivity index (χ1n) is 9.18. The molecule has 1 N–H and O–H groups in total. The molecule has 3 heterocycles. The zero-order valence-electron chi connectivity index (χ0n) is 15.5. The number of ether oxygens (including phenoxy) is 1. The molecule has 0 radical (unpaired) electrons. The first kappa shape index (κ1) is 19.2. The number of benzene rings is 1. The van der Waals surface area contributed by atoms with Crippen molar-refractivity contribution in [3.8, 4) is 5.75 Å². The highest BCUT2D eigenvalue weighted by Gasteiger charge is 2.21. The molecule has 2 aliphatic heterocycles. The maximum Gasteiger partial charge on any atom is 0.225 e. The van der Waals surface area contributed by atoms with Gasteiger partial charge >= 0.3 is 0 Å². The second-order valence-corrected chi connectivity index (χ2v) is 10.1. The molecule has 0 spiro atoms. The van der Waals surface area contributed by atoms with Crippen LogP contribution in [0.4, 0.5) is 5.95 Å². The van der Waals surface area contributed by atoms with Gasteiger partial charge in [0.2, 0.25) is 5.95 Å². The van der Waals surface area contributed by atoms with Crippen LogP contribution in [-0.2, 0) is 16.1 Å². The lowest BCUT2D eigenvalue weighted by Crippen LogP contribution is -2.44. The van der Waals surface area contributed by atoms with Crippen molar-refractivity contribution < 1.29 is 8.95 Å². The molecule has 1 saturated heterocycles. The van der Waals surface area contributed by atoms with E-state index < -0.39 is 9.73 Å². The summed E-state index contributed by atoms with van der Waals surface area (Å²) in [5, 5.41) is 0. The molecule has 7 nitrogen and oxygen atoms in total. The smallest absolute Gasteiger partial charge is 0.225 e. The number of piperazine rings is 1. The first-order chi connectivity index (χ1) is 13.5. The topological polar surface area (TPSA) is 82.4 Å². The van der Waals surface area contributed by atoms with Gasteiger partial charge in [-0.05, 0) is 29.6 Å². The third kappa shape index (κ3) is 4.16. The average molecular weight is 418 g/mol. The van der Waals surface area contributed by atoms with E-state index in [0.29, 0.717) is 10.8 Å². The third-order valence-corrected chi connectivity index (χ3v) is 7.54. The van der Waals surface area contributed by atoms with Gasteiger partial charge in [-0.3, -0.25) is 0 Å². The van der Waals surface area contributed by atoms with Gasteiger partial charge in [0.25, 0.3) is 0 Å². The monoisotopic (exact) mass is 417 g/mol. The second kappa shape index (κ2) is 8.10. The van der Waals surface area contributed by atoms with E-state index in [1.54, 1.807) is 11.9 Å². The standard InChI is InChI=1S/C19H23N5O2S2/c1-2-11-28(20,25)17-13-21-19(22-14-17)23-6-8-24(9-7-23)27-16-4-3-15-5-10-26-18(15)12-16/h2-4,12-14,20H,1,5-11H2. The van der Waals surface area contributed by atoms with Crippen LogP contribution >= 0.6 is 11.9 Å². The van der Waals surface area contributed by atoms with Gasteiger partial charge in [0.15, 0.2) is 0 Å². The van der Waals surface area contributed by atoms with Crippen molar-refractivity contribution in [2.75, 3.05) is 43.4 Å². The minimum absolute atomic E-state index is 0.110. The van der Waals surface area contributed by atoms with Gasteiger partial charge in [-0.1, -0.05) is 12.1 Å². The van der Waals surface area contributed by atoms with Crippen molar-refractivity contribution in [2.45, 2.75) is 16.2 Å². The summed E-state index contributed by atoms with van der Waals surface area (Å²) >= 11 is 1.75. The van der Waals surface area contributed by atoms with E-state index in [4.69, 9.17) is 9.52 Å². The van der Waals surface area contributed by atoms with E-state index >= 15 is 0 Å². The van der Waals surface area contributed by atoms with Crippen LogP contribution in [0.25, 0.3) is 0 Å². The zero-order valence-corrected chi connectivity index (χ0v) is 17.2. The van der Waals surface area contributed by atoms with Crippen LogP contribution in [-0.4, -0.2) is 57.0 Å². The van der Waals surface area contributed by atoms with E-state index in [9.17, 15) is 4.21 Å². The Labute approximate surface area is 169 Å². The van der Waals surface area contributed by atoms with Crippen molar-refractivity contribution in [3.63, 3.8) is 0 Å². The fourth-order valence-corrected chi connectivity index (χ4v) is 5.14. The molecule has 1 atom stereocenters. The molecule has 1 fully saturated rings. The predicted octanol–water partition coefficient (Wildman–Crippen LogP) is 2.83. The maximum atomic E-state index is 12.2. The molecule has 9 heteroatoms. The van der Waals surface area contributed by atoms with Crippen LogP contribution in [0.2, 0.25) is 0 Å². The number of nitrogens with one attached hydrogen (secondary N) is 1.